The molecule has 0 saturated heterocycles. The summed E-state index contributed by atoms with van der Waals surface area (Å²) in [4.78, 5) is 5.00. The molecule has 0 aromatic heterocycles. The summed E-state index contributed by atoms with van der Waals surface area (Å²) in [6.45, 7) is 8.25. The van der Waals surface area contributed by atoms with E-state index in [1.165, 1.54) is 38.9 Å². The fraction of sp³-hybridized carbons (Fsp3) is 1.00. The van der Waals surface area contributed by atoms with Crippen molar-refractivity contribution in [3.63, 3.8) is 0 Å². The molecule has 0 spiro atoms. The lowest BCUT2D eigenvalue weighted by atomic mass is 10.1. The first-order valence-corrected chi connectivity index (χ1v) is 7.10. The van der Waals surface area contributed by atoms with Crippen molar-refractivity contribution >= 4 is 0 Å². The summed E-state index contributed by atoms with van der Waals surface area (Å²) in [7, 11) is 6.44. The molecule has 2 unspecified atom stereocenters. The van der Waals surface area contributed by atoms with Crippen molar-refractivity contribution in [2.45, 2.75) is 45.2 Å². The molecular weight excluding hydrogens is 210 g/mol. The summed E-state index contributed by atoms with van der Waals surface area (Å²) in [6.07, 6.45) is 4.09. The van der Waals surface area contributed by atoms with Crippen molar-refractivity contribution in [2.75, 3.05) is 40.8 Å². The van der Waals surface area contributed by atoms with Crippen LogP contribution in [0.5, 0.6) is 0 Å². The summed E-state index contributed by atoms with van der Waals surface area (Å²) >= 11 is 0. The van der Waals surface area contributed by atoms with Gasteiger partial charge in [-0.1, -0.05) is 20.3 Å². The second-order valence-electron chi connectivity index (χ2n) is 6.09. The molecule has 0 bridgehead atoms. The van der Waals surface area contributed by atoms with Gasteiger partial charge in [0.2, 0.25) is 0 Å². The zero-order chi connectivity index (χ0) is 12.8. The van der Waals surface area contributed by atoms with E-state index in [4.69, 9.17) is 0 Å². The summed E-state index contributed by atoms with van der Waals surface area (Å²) in [5.41, 5.74) is 0. The predicted octanol–water partition coefficient (Wildman–Crippen LogP) is 1.65. The van der Waals surface area contributed by atoms with Gasteiger partial charge < -0.3 is 10.2 Å². The SMILES string of the molecule is CNC1CCCC1N(CCN(C)C)CC(C)C. The standard InChI is InChI=1S/C14H31N3/c1-12(2)11-17(10-9-16(4)5)14-8-6-7-13(14)15-3/h12-15H,6-11H2,1-5H3. The Hall–Kier alpha value is -0.120. The highest BCUT2D eigenvalue weighted by Gasteiger charge is 2.30. The molecule has 1 aliphatic rings. The van der Waals surface area contributed by atoms with Crippen LogP contribution in [0.1, 0.15) is 33.1 Å². The molecule has 17 heavy (non-hydrogen) atoms. The number of hydrogen-bond acceptors (Lipinski definition) is 3. The van der Waals surface area contributed by atoms with Crippen LogP contribution in [0.15, 0.2) is 0 Å². The Morgan fingerprint density at radius 1 is 1.18 bits per heavy atom. The Bertz CT molecular complexity index is 204. The molecule has 0 heterocycles. The zero-order valence-corrected chi connectivity index (χ0v) is 12.4. The van der Waals surface area contributed by atoms with E-state index < -0.39 is 0 Å². The first-order valence-electron chi connectivity index (χ1n) is 7.10. The highest BCUT2D eigenvalue weighted by Crippen LogP contribution is 2.24. The van der Waals surface area contributed by atoms with Gasteiger partial charge in [-0.3, -0.25) is 4.90 Å². The molecule has 0 amide bonds. The average Bonchev–Trinajstić information content (AvgIpc) is 2.71. The van der Waals surface area contributed by atoms with Gasteiger partial charge in [-0.05, 0) is 39.9 Å². The van der Waals surface area contributed by atoms with Crippen LogP contribution in [-0.4, -0.2) is 62.7 Å². The van der Waals surface area contributed by atoms with Gasteiger partial charge in [0.1, 0.15) is 0 Å². The lowest BCUT2D eigenvalue weighted by Crippen LogP contribution is -2.49. The Kier molecular flexibility index (Phi) is 6.45. The number of hydrogen-bond donors (Lipinski definition) is 1. The highest BCUT2D eigenvalue weighted by molar-refractivity contribution is 4.90. The van der Waals surface area contributed by atoms with Crippen LogP contribution in [0.25, 0.3) is 0 Å². The molecule has 0 radical (unpaired) electrons. The maximum atomic E-state index is 3.50. The largest absolute Gasteiger partial charge is 0.315 e. The molecule has 3 heteroatoms. The number of nitrogens with one attached hydrogen (secondary N) is 1. The van der Waals surface area contributed by atoms with Crippen molar-refractivity contribution in [1.29, 1.82) is 0 Å². The third-order valence-electron chi connectivity index (χ3n) is 3.75. The van der Waals surface area contributed by atoms with Crippen molar-refractivity contribution in [3.05, 3.63) is 0 Å². The molecule has 1 saturated carbocycles. The Morgan fingerprint density at radius 2 is 1.88 bits per heavy atom. The van der Waals surface area contributed by atoms with Crippen molar-refractivity contribution < 1.29 is 0 Å². The van der Waals surface area contributed by atoms with Gasteiger partial charge >= 0.3 is 0 Å². The first-order chi connectivity index (χ1) is 8.04. The lowest BCUT2D eigenvalue weighted by molar-refractivity contribution is 0.144. The van der Waals surface area contributed by atoms with E-state index in [2.05, 4.69) is 50.1 Å². The van der Waals surface area contributed by atoms with E-state index >= 15 is 0 Å². The monoisotopic (exact) mass is 241 g/mol. The van der Waals surface area contributed by atoms with E-state index in [-0.39, 0.29) is 0 Å². The third kappa shape index (κ3) is 4.94. The van der Waals surface area contributed by atoms with Crippen molar-refractivity contribution in [1.82, 2.24) is 15.1 Å². The minimum absolute atomic E-state index is 0.705. The smallest absolute Gasteiger partial charge is 0.0249 e. The molecule has 1 fully saturated rings. The van der Waals surface area contributed by atoms with Gasteiger partial charge in [0, 0.05) is 31.7 Å². The molecule has 0 aromatic carbocycles. The Morgan fingerprint density at radius 3 is 2.41 bits per heavy atom. The van der Waals surface area contributed by atoms with E-state index in [0.717, 1.165) is 12.0 Å². The molecule has 1 aliphatic carbocycles. The van der Waals surface area contributed by atoms with E-state index in [1.54, 1.807) is 0 Å². The minimum Gasteiger partial charge on any atom is -0.315 e. The van der Waals surface area contributed by atoms with Crippen LogP contribution < -0.4 is 5.32 Å². The maximum Gasteiger partial charge on any atom is 0.0249 e. The lowest BCUT2D eigenvalue weighted by Gasteiger charge is -2.35. The van der Waals surface area contributed by atoms with Crippen LogP contribution in [0, 0.1) is 5.92 Å². The quantitative estimate of drug-likeness (QED) is 0.731. The summed E-state index contributed by atoms with van der Waals surface area (Å²) in [6, 6.07) is 1.46. The van der Waals surface area contributed by atoms with Gasteiger partial charge in [0.25, 0.3) is 0 Å². The Labute approximate surface area is 108 Å². The van der Waals surface area contributed by atoms with Gasteiger partial charge in [-0.25, -0.2) is 0 Å². The molecule has 2 atom stereocenters. The molecule has 1 N–H and O–H groups in total. The molecule has 3 nitrogen and oxygen atoms in total. The normalized spacial score (nSPS) is 25.4. The van der Waals surface area contributed by atoms with E-state index in [9.17, 15) is 0 Å². The maximum absolute atomic E-state index is 3.50. The second-order valence-corrected chi connectivity index (χ2v) is 6.09. The van der Waals surface area contributed by atoms with Gasteiger partial charge in [-0.2, -0.15) is 0 Å². The summed E-state index contributed by atoms with van der Waals surface area (Å²) in [5, 5.41) is 3.50. The molecule has 1 rings (SSSR count). The van der Waals surface area contributed by atoms with Crippen LogP contribution in [0.4, 0.5) is 0 Å². The molecule has 0 aromatic rings. The van der Waals surface area contributed by atoms with E-state index in [0.29, 0.717) is 6.04 Å². The van der Waals surface area contributed by atoms with Gasteiger partial charge in [0.15, 0.2) is 0 Å². The zero-order valence-electron chi connectivity index (χ0n) is 12.4. The van der Waals surface area contributed by atoms with Crippen molar-refractivity contribution in [2.24, 2.45) is 5.92 Å². The average molecular weight is 241 g/mol. The van der Waals surface area contributed by atoms with Crippen LogP contribution in [-0.2, 0) is 0 Å². The van der Waals surface area contributed by atoms with Crippen LogP contribution in [0.3, 0.4) is 0 Å². The molecule has 102 valence electrons. The van der Waals surface area contributed by atoms with Crippen LogP contribution >= 0.6 is 0 Å². The fourth-order valence-corrected chi connectivity index (χ4v) is 2.90. The third-order valence-corrected chi connectivity index (χ3v) is 3.75. The first kappa shape index (κ1) is 14.9. The summed E-state index contributed by atoms with van der Waals surface area (Å²) < 4.78 is 0. The fourth-order valence-electron chi connectivity index (χ4n) is 2.90. The number of rotatable bonds is 7. The number of likely N-dealkylation sites (N-methyl/N-ethyl adjacent to an activating group) is 2. The Balaban J connectivity index is 2.54. The van der Waals surface area contributed by atoms with Crippen molar-refractivity contribution in [3.8, 4) is 0 Å². The van der Waals surface area contributed by atoms with Crippen LogP contribution in [0.2, 0.25) is 0 Å². The second kappa shape index (κ2) is 7.34. The van der Waals surface area contributed by atoms with E-state index in [1.807, 2.05) is 0 Å². The molecular formula is C14H31N3. The minimum atomic E-state index is 0.705. The van der Waals surface area contributed by atoms with Gasteiger partial charge in [-0.15, -0.1) is 0 Å². The topological polar surface area (TPSA) is 18.5 Å². The van der Waals surface area contributed by atoms with Gasteiger partial charge in [0.05, 0.1) is 0 Å². The predicted molar refractivity (Wildman–Crippen MR) is 75.5 cm³/mol. The highest BCUT2D eigenvalue weighted by atomic mass is 15.2. The number of nitrogens with zero attached hydrogens (tertiary/aromatic N) is 2. The summed E-state index contributed by atoms with van der Waals surface area (Å²) in [5.74, 6) is 0.760. The molecule has 0 aliphatic heterocycles.